The summed E-state index contributed by atoms with van der Waals surface area (Å²) in [5.74, 6) is 4.76. The van der Waals surface area contributed by atoms with E-state index >= 15 is 0 Å². The Morgan fingerprint density at radius 3 is 2.80 bits per heavy atom. The van der Waals surface area contributed by atoms with Gasteiger partial charge in [-0.05, 0) is 12.8 Å². The zero-order chi connectivity index (χ0) is 14.8. The minimum atomic E-state index is -4.20. The van der Waals surface area contributed by atoms with E-state index in [-0.39, 0.29) is 24.5 Å². The highest BCUT2D eigenvalue weighted by Gasteiger charge is 2.42. The molecule has 1 aromatic rings. The Morgan fingerprint density at radius 1 is 1.45 bits per heavy atom. The van der Waals surface area contributed by atoms with E-state index in [1.165, 1.54) is 13.4 Å². The maximum atomic E-state index is 12.8. The molecule has 1 fully saturated rings. The van der Waals surface area contributed by atoms with Crippen molar-refractivity contribution in [3.63, 3.8) is 0 Å². The van der Waals surface area contributed by atoms with Crippen molar-refractivity contribution in [3.05, 3.63) is 6.33 Å². The molecular weight excluding hydrogens is 275 g/mol. The summed E-state index contributed by atoms with van der Waals surface area (Å²) in [6.45, 7) is 0.352. The highest BCUT2D eigenvalue weighted by Crippen LogP contribution is 2.38. The summed E-state index contributed by atoms with van der Waals surface area (Å²) >= 11 is 0. The third-order valence-corrected chi connectivity index (χ3v) is 3.31. The van der Waals surface area contributed by atoms with E-state index in [9.17, 15) is 13.2 Å². The van der Waals surface area contributed by atoms with Crippen molar-refractivity contribution in [2.45, 2.75) is 19.0 Å². The van der Waals surface area contributed by atoms with Gasteiger partial charge in [0.25, 0.3) is 0 Å². The molecule has 2 heterocycles. The van der Waals surface area contributed by atoms with Crippen molar-refractivity contribution >= 4 is 11.6 Å². The maximum absolute atomic E-state index is 12.8. The first-order valence-corrected chi connectivity index (χ1v) is 6.14. The summed E-state index contributed by atoms with van der Waals surface area (Å²) in [4.78, 5) is 9.45. The van der Waals surface area contributed by atoms with Gasteiger partial charge in [0.05, 0.1) is 13.0 Å². The minimum Gasteiger partial charge on any atom is -0.490 e. The summed E-state index contributed by atoms with van der Waals surface area (Å²) in [5.41, 5.74) is 2.34. The monoisotopic (exact) mass is 291 g/mol. The SMILES string of the molecule is COc1c(NN)ncnc1N1CCCC(C(F)(F)F)C1. The first-order valence-electron chi connectivity index (χ1n) is 6.14. The molecule has 112 valence electrons. The smallest absolute Gasteiger partial charge is 0.393 e. The Kier molecular flexibility index (Phi) is 4.17. The molecular formula is C11H16F3N5O. The molecule has 0 saturated carbocycles. The van der Waals surface area contributed by atoms with E-state index in [2.05, 4.69) is 15.4 Å². The molecule has 0 bridgehead atoms. The number of nitrogens with zero attached hydrogens (tertiary/aromatic N) is 3. The van der Waals surface area contributed by atoms with E-state index in [0.29, 0.717) is 18.8 Å². The van der Waals surface area contributed by atoms with Gasteiger partial charge >= 0.3 is 6.18 Å². The van der Waals surface area contributed by atoms with E-state index in [0.717, 1.165) is 0 Å². The van der Waals surface area contributed by atoms with Gasteiger partial charge in [0, 0.05) is 13.1 Å². The molecule has 9 heteroatoms. The Hall–Kier alpha value is -1.77. The van der Waals surface area contributed by atoms with E-state index in [1.54, 1.807) is 4.90 Å². The van der Waals surface area contributed by atoms with Gasteiger partial charge in [-0.3, -0.25) is 0 Å². The van der Waals surface area contributed by atoms with Crippen molar-refractivity contribution < 1.29 is 17.9 Å². The molecule has 1 atom stereocenters. The number of hydrazine groups is 1. The van der Waals surface area contributed by atoms with Crippen LogP contribution in [0.2, 0.25) is 0 Å². The van der Waals surface area contributed by atoms with Gasteiger partial charge in [-0.15, -0.1) is 0 Å². The number of methoxy groups -OCH3 is 1. The van der Waals surface area contributed by atoms with Gasteiger partial charge in [-0.2, -0.15) is 13.2 Å². The van der Waals surface area contributed by atoms with Gasteiger partial charge < -0.3 is 15.1 Å². The number of ether oxygens (including phenoxy) is 1. The molecule has 0 spiro atoms. The quantitative estimate of drug-likeness (QED) is 0.650. The van der Waals surface area contributed by atoms with Crippen LogP contribution in [0, 0.1) is 5.92 Å². The Balaban J connectivity index is 2.27. The summed E-state index contributed by atoms with van der Waals surface area (Å²) in [6.07, 6.45) is -2.38. The van der Waals surface area contributed by atoms with Crippen LogP contribution in [0.1, 0.15) is 12.8 Å². The molecule has 1 unspecified atom stereocenters. The summed E-state index contributed by atoms with van der Waals surface area (Å²) in [5, 5.41) is 0. The topological polar surface area (TPSA) is 76.3 Å². The molecule has 0 radical (unpaired) electrons. The predicted octanol–water partition coefficient (Wildman–Crippen LogP) is 1.55. The number of halogens is 3. The lowest BCUT2D eigenvalue weighted by atomic mass is 9.97. The average Bonchev–Trinajstić information content (AvgIpc) is 2.45. The third-order valence-electron chi connectivity index (χ3n) is 3.31. The lowest BCUT2D eigenvalue weighted by Crippen LogP contribution is -2.42. The molecule has 2 rings (SSSR count). The number of rotatable bonds is 3. The second-order valence-corrected chi connectivity index (χ2v) is 4.55. The molecule has 0 amide bonds. The number of aromatic nitrogens is 2. The number of nitrogens with one attached hydrogen (secondary N) is 1. The second kappa shape index (κ2) is 5.70. The standard InChI is InChI=1S/C11H16F3N5O/c1-20-8-9(18-15)16-6-17-10(8)19-4-2-3-7(5-19)11(12,13)14/h6-7H,2-5,15H2,1H3,(H,16,17,18). The highest BCUT2D eigenvalue weighted by atomic mass is 19.4. The summed E-state index contributed by atoms with van der Waals surface area (Å²) < 4.78 is 43.7. The van der Waals surface area contributed by atoms with Gasteiger partial charge in [0.15, 0.2) is 11.6 Å². The van der Waals surface area contributed by atoms with E-state index < -0.39 is 12.1 Å². The van der Waals surface area contributed by atoms with Gasteiger partial charge in [-0.25, -0.2) is 15.8 Å². The average molecular weight is 291 g/mol. The molecule has 0 aliphatic carbocycles. The molecule has 0 aromatic carbocycles. The number of anilines is 2. The number of nitrogens with two attached hydrogens (primary N) is 1. The number of nitrogen functional groups attached to an aromatic ring is 1. The normalized spacial score (nSPS) is 19.9. The Labute approximate surface area is 114 Å². The van der Waals surface area contributed by atoms with Crippen LogP contribution in [-0.2, 0) is 0 Å². The van der Waals surface area contributed by atoms with Crippen molar-refractivity contribution in [2.24, 2.45) is 11.8 Å². The van der Waals surface area contributed by atoms with Crippen molar-refractivity contribution in [2.75, 3.05) is 30.5 Å². The van der Waals surface area contributed by atoms with Crippen LogP contribution < -0.4 is 20.9 Å². The van der Waals surface area contributed by atoms with Crippen LogP contribution in [0.25, 0.3) is 0 Å². The van der Waals surface area contributed by atoms with Crippen LogP contribution in [0.4, 0.5) is 24.8 Å². The van der Waals surface area contributed by atoms with Crippen LogP contribution in [0.3, 0.4) is 0 Å². The molecule has 1 aliphatic heterocycles. The van der Waals surface area contributed by atoms with Crippen molar-refractivity contribution in [1.29, 1.82) is 0 Å². The van der Waals surface area contributed by atoms with Crippen LogP contribution in [-0.4, -0.2) is 36.3 Å². The van der Waals surface area contributed by atoms with Crippen LogP contribution >= 0.6 is 0 Å². The van der Waals surface area contributed by atoms with Crippen LogP contribution in [0.5, 0.6) is 5.75 Å². The lowest BCUT2D eigenvalue weighted by molar-refractivity contribution is -0.176. The van der Waals surface area contributed by atoms with Crippen molar-refractivity contribution in [1.82, 2.24) is 9.97 Å². The number of piperidine rings is 1. The molecule has 3 N–H and O–H groups in total. The highest BCUT2D eigenvalue weighted by molar-refractivity contribution is 5.64. The van der Waals surface area contributed by atoms with Gasteiger partial charge in [0.2, 0.25) is 5.75 Å². The number of alkyl halides is 3. The first kappa shape index (κ1) is 14.6. The number of hydrogen-bond acceptors (Lipinski definition) is 6. The second-order valence-electron chi connectivity index (χ2n) is 4.55. The molecule has 1 saturated heterocycles. The Morgan fingerprint density at radius 2 is 2.20 bits per heavy atom. The minimum absolute atomic E-state index is 0.134. The van der Waals surface area contributed by atoms with Gasteiger partial charge in [-0.1, -0.05) is 0 Å². The number of hydrogen-bond donors (Lipinski definition) is 2. The fourth-order valence-corrected chi connectivity index (χ4v) is 2.32. The molecule has 6 nitrogen and oxygen atoms in total. The Bertz CT molecular complexity index is 468. The molecule has 1 aromatic heterocycles. The molecule has 1 aliphatic rings. The first-order chi connectivity index (χ1) is 9.47. The fourth-order valence-electron chi connectivity index (χ4n) is 2.32. The van der Waals surface area contributed by atoms with Gasteiger partial charge in [0.1, 0.15) is 6.33 Å². The van der Waals surface area contributed by atoms with E-state index in [4.69, 9.17) is 10.6 Å². The van der Waals surface area contributed by atoms with Crippen LogP contribution in [0.15, 0.2) is 6.33 Å². The fraction of sp³-hybridized carbons (Fsp3) is 0.636. The summed E-state index contributed by atoms with van der Waals surface area (Å²) in [6, 6.07) is 0. The third kappa shape index (κ3) is 2.87. The largest absolute Gasteiger partial charge is 0.490 e. The van der Waals surface area contributed by atoms with E-state index in [1.807, 2.05) is 0 Å². The molecule has 20 heavy (non-hydrogen) atoms. The summed E-state index contributed by atoms with van der Waals surface area (Å²) in [7, 11) is 1.40. The van der Waals surface area contributed by atoms with Crippen molar-refractivity contribution in [3.8, 4) is 5.75 Å². The zero-order valence-electron chi connectivity index (χ0n) is 10.9. The maximum Gasteiger partial charge on any atom is 0.393 e. The predicted molar refractivity (Wildman–Crippen MR) is 67.4 cm³/mol. The zero-order valence-corrected chi connectivity index (χ0v) is 10.9. The lowest BCUT2D eigenvalue weighted by Gasteiger charge is -2.35.